The first-order valence-electron chi connectivity index (χ1n) is 8.00. The van der Waals surface area contributed by atoms with Gasteiger partial charge in [-0.05, 0) is 45.4 Å². The SMILES string of the molecule is CC(C)Oc1nc(C#N)cc2cnc(N[C@H]3CCCNC3)cc12. The number of piperidine rings is 1. The van der Waals surface area contributed by atoms with Crippen LogP contribution in [0.2, 0.25) is 0 Å². The average Bonchev–Trinajstić information content (AvgIpc) is 2.55. The molecule has 0 aliphatic carbocycles. The number of hydrogen-bond acceptors (Lipinski definition) is 6. The minimum Gasteiger partial charge on any atom is -0.474 e. The van der Waals surface area contributed by atoms with E-state index in [0.717, 1.165) is 36.1 Å². The summed E-state index contributed by atoms with van der Waals surface area (Å²) in [6, 6.07) is 6.15. The van der Waals surface area contributed by atoms with E-state index in [1.54, 1.807) is 12.3 Å². The quantitative estimate of drug-likeness (QED) is 0.902. The molecule has 1 fully saturated rings. The Labute approximate surface area is 135 Å². The number of nitrogens with zero attached hydrogens (tertiary/aromatic N) is 3. The maximum Gasteiger partial charge on any atom is 0.223 e. The van der Waals surface area contributed by atoms with Crippen LogP contribution in [0.25, 0.3) is 10.8 Å². The number of ether oxygens (including phenoxy) is 1. The molecule has 2 aromatic rings. The maximum absolute atomic E-state index is 9.12. The normalized spacial score (nSPS) is 17.9. The van der Waals surface area contributed by atoms with Crippen LogP contribution in [0, 0.1) is 11.3 Å². The molecule has 0 spiro atoms. The molecule has 2 aromatic heterocycles. The van der Waals surface area contributed by atoms with Gasteiger partial charge in [0.15, 0.2) is 0 Å². The number of aromatic nitrogens is 2. The number of rotatable bonds is 4. The lowest BCUT2D eigenvalue weighted by Gasteiger charge is -2.24. The van der Waals surface area contributed by atoms with Gasteiger partial charge in [0.1, 0.15) is 17.6 Å². The van der Waals surface area contributed by atoms with Crippen molar-refractivity contribution in [3.8, 4) is 11.9 Å². The fraction of sp³-hybridized carbons (Fsp3) is 0.471. The Kier molecular flexibility index (Phi) is 4.58. The van der Waals surface area contributed by atoms with Crippen LogP contribution in [0.15, 0.2) is 18.3 Å². The molecule has 23 heavy (non-hydrogen) atoms. The van der Waals surface area contributed by atoms with Gasteiger partial charge in [-0.3, -0.25) is 0 Å². The Morgan fingerprint density at radius 3 is 3.00 bits per heavy atom. The van der Waals surface area contributed by atoms with Crippen molar-refractivity contribution in [1.29, 1.82) is 5.26 Å². The highest BCUT2D eigenvalue weighted by Crippen LogP contribution is 2.27. The van der Waals surface area contributed by atoms with Crippen LogP contribution in [0.5, 0.6) is 5.88 Å². The van der Waals surface area contributed by atoms with Crippen molar-refractivity contribution in [2.75, 3.05) is 18.4 Å². The Bertz CT molecular complexity index is 732. The molecule has 3 rings (SSSR count). The fourth-order valence-corrected chi connectivity index (χ4v) is 2.75. The minimum absolute atomic E-state index is 0.00763. The molecule has 0 radical (unpaired) electrons. The van der Waals surface area contributed by atoms with E-state index in [2.05, 4.69) is 26.7 Å². The van der Waals surface area contributed by atoms with Crippen molar-refractivity contribution >= 4 is 16.6 Å². The zero-order chi connectivity index (χ0) is 16.2. The van der Waals surface area contributed by atoms with Crippen molar-refractivity contribution in [1.82, 2.24) is 15.3 Å². The lowest BCUT2D eigenvalue weighted by atomic mass is 10.1. The highest BCUT2D eigenvalue weighted by Gasteiger charge is 2.15. The molecular formula is C17H21N5O. The number of pyridine rings is 2. The topological polar surface area (TPSA) is 82.9 Å². The summed E-state index contributed by atoms with van der Waals surface area (Å²) < 4.78 is 5.78. The third-order valence-electron chi connectivity index (χ3n) is 3.79. The molecule has 120 valence electrons. The second-order valence-electron chi connectivity index (χ2n) is 6.07. The lowest BCUT2D eigenvalue weighted by molar-refractivity contribution is 0.236. The van der Waals surface area contributed by atoms with E-state index >= 15 is 0 Å². The van der Waals surface area contributed by atoms with Gasteiger partial charge in [0.25, 0.3) is 0 Å². The van der Waals surface area contributed by atoms with Crippen molar-refractivity contribution in [2.24, 2.45) is 0 Å². The molecule has 0 amide bonds. The van der Waals surface area contributed by atoms with Crippen LogP contribution in [0.1, 0.15) is 32.4 Å². The van der Waals surface area contributed by atoms with Crippen LogP contribution < -0.4 is 15.4 Å². The number of nitrogens with one attached hydrogen (secondary N) is 2. The summed E-state index contributed by atoms with van der Waals surface area (Å²) in [6.07, 6.45) is 4.06. The van der Waals surface area contributed by atoms with Crippen LogP contribution in [-0.4, -0.2) is 35.2 Å². The first-order valence-corrected chi connectivity index (χ1v) is 8.00. The first-order chi connectivity index (χ1) is 11.2. The third-order valence-corrected chi connectivity index (χ3v) is 3.79. The summed E-state index contributed by atoms with van der Waals surface area (Å²) >= 11 is 0. The van der Waals surface area contributed by atoms with Gasteiger partial charge in [0.2, 0.25) is 5.88 Å². The Balaban J connectivity index is 1.94. The first kappa shape index (κ1) is 15.5. The highest BCUT2D eigenvalue weighted by molar-refractivity contribution is 5.89. The molecule has 1 saturated heterocycles. The molecule has 0 aromatic carbocycles. The van der Waals surface area contributed by atoms with E-state index < -0.39 is 0 Å². The van der Waals surface area contributed by atoms with Gasteiger partial charge in [0, 0.05) is 29.6 Å². The zero-order valence-electron chi connectivity index (χ0n) is 13.5. The summed E-state index contributed by atoms with van der Waals surface area (Å²) in [4.78, 5) is 8.76. The zero-order valence-corrected chi connectivity index (χ0v) is 13.5. The van der Waals surface area contributed by atoms with Crippen LogP contribution in [0.3, 0.4) is 0 Å². The van der Waals surface area contributed by atoms with Crippen molar-refractivity contribution in [2.45, 2.75) is 38.8 Å². The van der Waals surface area contributed by atoms with Crippen LogP contribution in [-0.2, 0) is 0 Å². The molecule has 3 heterocycles. The molecule has 0 unspecified atom stereocenters. The smallest absolute Gasteiger partial charge is 0.223 e. The summed E-state index contributed by atoms with van der Waals surface area (Å²) in [5.41, 5.74) is 0.340. The van der Waals surface area contributed by atoms with E-state index in [1.807, 2.05) is 19.9 Å². The van der Waals surface area contributed by atoms with Crippen molar-refractivity contribution in [3.05, 3.63) is 24.0 Å². The Morgan fingerprint density at radius 2 is 2.30 bits per heavy atom. The molecule has 0 bridgehead atoms. The maximum atomic E-state index is 9.12. The number of hydrogen-bond donors (Lipinski definition) is 2. The van der Waals surface area contributed by atoms with E-state index in [1.165, 1.54) is 6.42 Å². The summed E-state index contributed by atoms with van der Waals surface area (Å²) in [5.74, 6) is 1.30. The minimum atomic E-state index is -0.00763. The van der Waals surface area contributed by atoms with E-state index in [4.69, 9.17) is 10.00 Å². The molecule has 0 saturated carbocycles. The largest absolute Gasteiger partial charge is 0.474 e. The second-order valence-corrected chi connectivity index (χ2v) is 6.07. The fourth-order valence-electron chi connectivity index (χ4n) is 2.75. The molecular weight excluding hydrogens is 290 g/mol. The van der Waals surface area contributed by atoms with Gasteiger partial charge >= 0.3 is 0 Å². The molecule has 2 N–H and O–H groups in total. The van der Waals surface area contributed by atoms with Crippen LogP contribution >= 0.6 is 0 Å². The number of anilines is 1. The molecule has 6 nitrogen and oxygen atoms in total. The van der Waals surface area contributed by atoms with Gasteiger partial charge in [-0.25, -0.2) is 9.97 Å². The third kappa shape index (κ3) is 3.69. The van der Waals surface area contributed by atoms with E-state index in [0.29, 0.717) is 17.6 Å². The molecule has 1 aliphatic heterocycles. The summed E-state index contributed by atoms with van der Waals surface area (Å²) in [5, 5.41) is 17.7. The van der Waals surface area contributed by atoms with Crippen LogP contribution in [0.4, 0.5) is 5.82 Å². The van der Waals surface area contributed by atoms with Gasteiger partial charge in [-0.1, -0.05) is 0 Å². The number of fused-ring (bicyclic) bond motifs is 1. The average molecular weight is 311 g/mol. The van der Waals surface area contributed by atoms with E-state index in [-0.39, 0.29) is 6.10 Å². The highest BCUT2D eigenvalue weighted by atomic mass is 16.5. The lowest BCUT2D eigenvalue weighted by Crippen LogP contribution is -2.38. The molecule has 1 aliphatic rings. The monoisotopic (exact) mass is 311 g/mol. The number of nitriles is 1. The predicted molar refractivity (Wildman–Crippen MR) is 89.5 cm³/mol. The standard InChI is InChI=1S/C17H21N5O/c1-11(2)23-17-15-7-16(21-13-4-3-5-19-10-13)20-9-12(15)6-14(8-18)22-17/h6-7,9,11,13,19H,3-5,10H2,1-2H3,(H,20,21)/t13-/m0/s1. The molecule has 1 atom stereocenters. The second kappa shape index (κ2) is 6.80. The van der Waals surface area contributed by atoms with Gasteiger partial charge in [-0.2, -0.15) is 5.26 Å². The Hall–Kier alpha value is -2.39. The summed E-state index contributed by atoms with van der Waals surface area (Å²) in [7, 11) is 0. The van der Waals surface area contributed by atoms with Gasteiger partial charge in [-0.15, -0.1) is 0 Å². The van der Waals surface area contributed by atoms with Crippen molar-refractivity contribution in [3.63, 3.8) is 0 Å². The molecule has 6 heteroatoms. The summed E-state index contributed by atoms with van der Waals surface area (Å²) in [6.45, 7) is 5.92. The van der Waals surface area contributed by atoms with Gasteiger partial charge < -0.3 is 15.4 Å². The predicted octanol–water partition coefficient (Wildman–Crippen LogP) is 2.45. The van der Waals surface area contributed by atoms with Crippen molar-refractivity contribution < 1.29 is 4.74 Å². The Morgan fingerprint density at radius 1 is 1.43 bits per heavy atom. The van der Waals surface area contributed by atoms with E-state index in [9.17, 15) is 0 Å². The van der Waals surface area contributed by atoms with Gasteiger partial charge in [0.05, 0.1) is 6.10 Å².